The van der Waals surface area contributed by atoms with Gasteiger partial charge in [0.25, 0.3) is 0 Å². The summed E-state index contributed by atoms with van der Waals surface area (Å²) in [5.41, 5.74) is 9.37. The molecule has 3 fully saturated rings. The highest BCUT2D eigenvalue weighted by Gasteiger charge is 2.72. The standard InChI is InChI=1S/C21H28N4O6S/c1-11-7-9-12(10-8-11)32(27,28)18-13(23-24-22)14-16-17(30-21(5,6)29-16)15(18)25(14)19(26)31-20(2,3)4/h7-10,13-18H,1-6H3/t13-,14-,15-,16-,17+,18+/m1/s1. The Kier molecular flexibility index (Phi) is 5.24. The van der Waals surface area contributed by atoms with Gasteiger partial charge >= 0.3 is 6.09 Å². The van der Waals surface area contributed by atoms with Crippen LogP contribution < -0.4 is 0 Å². The molecule has 0 aromatic heterocycles. The summed E-state index contributed by atoms with van der Waals surface area (Å²) in [6.07, 6.45) is -2.02. The second-order valence-electron chi connectivity index (χ2n) is 9.95. The predicted molar refractivity (Wildman–Crippen MR) is 115 cm³/mol. The van der Waals surface area contributed by atoms with Crippen LogP contribution in [0.4, 0.5) is 4.79 Å². The smallest absolute Gasteiger partial charge is 0.411 e. The van der Waals surface area contributed by atoms with Crippen LogP contribution in [0, 0.1) is 6.92 Å². The number of fused-ring (bicyclic) bond motifs is 5. The zero-order valence-corrected chi connectivity index (χ0v) is 19.7. The minimum absolute atomic E-state index is 0.0951. The molecule has 10 nitrogen and oxygen atoms in total. The average Bonchev–Trinajstić information content (AvgIpc) is 3.24. The number of azide groups is 1. The lowest BCUT2D eigenvalue weighted by Crippen LogP contribution is -2.53. The molecule has 3 saturated heterocycles. The third-order valence-corrected chi connectivity index (χ3v) is 8.20. The minimum atomic E-state index is -3.99. The first-order valence-electron chi connectivity index (χ1n) is 10.5. The van der Waals surface area contributed by atoms with Crippen LogP contribution in [-0.2, 0) is 24.0 Å². The lowest BCUT2D eigenvalue weighted by molar-refractivity contribution is -0.161. The van der Waals surface area contributed by atoms with Crippen molar-refractivity contribution in [3.8, 4) is 0 Å². The van der Waals surface area contributed by atoms with Crippen LogP contribution in [-0.4, -0.2) is 66.4 Å². The maximum Gasteiger partial charge on any atom is 0.411 e. The number of amides is 1. The Hall–Kier alpha value is -2.33. The molecule has 11 heteroatoms. The van der Waals surface area contributed by atoms with Gasteiger partial charge in [-0.25, -0.2) is 13.2 Å². The normalized spacial score (nSPS) is 33.0. The molecule has 1 amide bonds. The van der Waals surface area contributed by atoms with Gasteiger partial charge in [0.15, 0.2) is 15.6 Å². The number of carbonyl (C=O) groups is 1. The van der Waals surface area contributed by atoms with Gasteiger partial charge in [-0.15, -0.1) is 0 Å². The second-order valence-corrected chi connectivity index (χ2v) is 12.1. The summed E-state index contributed by atoms with van der Waals surface area (Å²) in [4.78, 5) is 17.5. The molecule has 3 heterocycles. The summed E-state index contributed by atoms with van der Waals surface area (Å²) in [5.74, 6) is -0.963. The molecule has 6 atom stereocenters. The van der Waals surface area contributed by atoms with E-state index in [1.165, 1.54) is 17.0 Å². The third-order valence-electron chi connectivity index (χ3n) is 6.00. The van der Waals surface area contributed by atoms with Crippen molar-refractivity contribution >= 4 is 15.9 Å². The van der Waals surface area contributed by atoms with Crippen LogP contribution >= 0.6 is 0 Å². The number of sulfone groups is 1. The Morgan fingerprint density at radius 2 is 1.72 bits per heavy atom. The molecule has 0 N–H and O–H groups in total. The Morgan fingerprint density at radius 3 is 2.25 bits per heavy atom. The first-order valence-corrected chi connectivity index (χ1v) is 12.0. The largest absolute Gasteiger partial charge is 0.444 e. The van der Waals surface area contributed by atoms with E-state index in [4.69, 9.17) is 14.2 Å². The van der Waals surface area contributed by atoms with Crippen LogP contribution in [0.25, 0.3) is 10.4 Å². The van der Waals surface area contributed by atoms with Crippen molar-refractivity contribution < 1.29 is 27.4 Å². The van der Waals surface area contributed by atoms with Gasteiger partial charge in [-0.2, -0.15) is 0 Å². The number of benzene rings is 1. The van der Waals surface area contributed by atoms with Gasteiger partial charge in [0.05, 0.1) is 28.3 Å². The fraction of sp³-hybridized carbons (Fsp3) is 0.667. The SMILES string of the molecule is Cc1ccc(S(=O)(=O)[C@H]2[C@H](N=[N+]=[N-])[C@@H]3[C@H]4OC(C)(C)O[C@H]4[C@H]2N3C(=O)OC(C)(C)C)cc1. The third kappa shape index (κ3) is 3.63. The van der Waals surface area contributed by atoms with Crippen LogP contribution in [0.15, 0.2) is 34.3 Å². The molecule has 1 aromatic rings. The van der Waals surface area contributed by atoms with Gasteiger partial charge in [-0.3, -0.25) is 4.90 Å². The van der Waals surface area contributed by atoms with E-state index in [1.54, 1.807) is 46.8 Å². The van der Waals surface area contributed by atoms with E-state index >= 15 is 0 Å². The van der Waals surface area contributed by atoms with Crippen molar-refractivity contribution in [2.45, 2.75) is 93.4 Å². The quantitative estimate of drug-likeness (QED) is 0.383. The van der Waals surface area contributed by atoms with Gasteiger partial charge in [0.1, 0.15) is 17.8 Å². The molecular weight excluding hydrogens is 436 g/mol. The zero-order valence-electron chi connectivity index (χ0n) is 18.9. The van der Waals surface area contributed by atoms with Gasteiger partial charge < -0.3 is 14.2 Å². The average molecular weight is 465 g/mol. The number of nitrogens with zero attached hydrogens (tertiary/aromatic N) is 4. The van der Waals surface area contributed by atoms with E-state index in [0.29, 0.717) is 0 Å². The van der Waals surface area contributed by atoms with Gasteiger partial charge in [0, 0.05) is 4.91 Å². The summed E-state index contributed by atoms with van der Waals surface area (Å²) in [6, 6.07) is 3.64. The number of ether oxygens (including phenoxy) is 3. The fourth-order valence-electron chi connectivity index (χ4n) is 4.97. The number of hydrogen-bond donors (Lipinski definition) is 0. The molecule has 0 spiro atoms. The van der Waals surface area contributed by atoms with Crippen LogP contribution in [0.3, 0.4) is 0 Å². The van der Waals surface area contributed by atoms with E-state index in [1.807, 2.05) is 6.92 Å². The lowest BCUT2D eigenvalue weighted by atomic mass is 9.90. The molecule has 0 aliphatic carbocycles. The van der Waals surface area contributed by atoms with Gasteiger partial charge in [0.2, 0.25) is 0 Å². The Morgan fingerprint density at radius 1 is 1.16 bits per heavy atom. The summed E-state index contributed by atoms with van der Waals surface area (Å²) in [5, 5.41) is 2.65. The molecule has 3 aliphatic rings. The molecule has 0 saturated carbocycles. The number of rotatable bonds is 3. The van der Waals surface area contributed by atoms with Crippen molar-refractivity contribution in [3.05, 3.63) is 40.3 Å². The van der Waals surface area contributed by atoms with E-state index in [0.717, 1.165) is 5.56 Å². The number of hydrogen-bond acceptors (Lipinski definition) is 7. The van der Waals surface area contributed by atoms with Crippen LogP contribution in [0.1, 0.15) is 40.2 Å². The highest BCUT2D eigenvalue weighted by atomic mass is 32.2. The summed E-state index contributed by atoms with van der Waals surface area (Å²) < 4.78 is 45.2. The summed E-state index contributed by atoms with van der Waals surface area (Å²) >= 11 is 0. The molecule has 0 unspecified atom stereocenters. The van der Waals surface area contributed by atoms with Gasteiger partial charge in [-0.05, 0) is 59.2 Å². The first kappa shape index (κ1) is 22.8. The van der Waals surface area contributed by atoms with Crippen molar-refractivity contribution in [3.63, 3.8) is 0 Å². The molecule has 1 aromatic carbocycles. The molecule has 32 heavy (non-hydrogen) atoms. The van der Waals surface area contributed by atoms with Crippen LogP contribution in [0.2, 0.25) is 0 Å². The Bertz CT molecular complexity index is 1070. The summed E-state index contributed by atoms with van der Waals surface area (Å²) in [7, 11) is -3.99. The van der Waals surface area contributed by atoms with Crippen LogP contribution in [0.5, 0.6) is 0 Å². The molecule has 2 bridgehead atoms. The van der Waals surface area contributed by atoms with Crippen molar-refractivity contribution in [1.29, 1.82) is 0 Å². The molecule has 174 valence electrons. The molecule has 4 rings (SSSR count). The van der Waals surface area contributed by atoms with Crippen molar-refractivity contribution in [2.24, 2.45) is 5.11 Å². The van der Waals surface area contributed by atoms with E-state index < -0.39 is 62.9 Å². The maximum atomic E-state index is 13.8. The highest BCUT2D eigenvalue weighted by molar-refractivity contribution is 7.92. The molecule has 3 aliphatic heterocycles. The van der Waals surface area contributed by atoms with E-state index in [2.05, 4.69) is 10.0 Å². The monoisotopic (exact) mass is 464 g/mol. The maximum absolute atomic E-state index is 13.8. The van der Waals surface area contributed by atoms with Crippen molar-refractivity contribution in [2.75, 3.05) is 0 Å². The highest BCUT2D eigenvalue weighted by Crippen LogP contribution is 2.52. The first-order chi connectivity index (χ1) is 14.8. The molecule has 0 radical (unpaired) electrons. The predicted octanol–water partition coefficient (Wildman–Crippen LogP) is 3.34. The zero-order chi connectivity index (χ0) is 23.6. The minimum Gasteiger partial charge on any atom is -0.444 e. The Balaban J connectivity index is 1.84. The number of aryl methyl sites for hydroxylation is 1. The second kappa shape index (κ2) is 7.34. The van der Waals surface area contributed by atoms with E-state index in [9.17, 15) is 18.7 Å². The Labute approximate surface area is 187 Å². The molecular formula is C21H28N4O6S. The lowest BCUT2D eigenvalue weighted by Gasteiger charge is -2.31. The summed E-state index contributed by atoms with van der Waals surface area (Å²) in [6.45, 7) is 10.5. The topological polar surface area (TPSA) is 131 Å². The number of carbonyl (C=O) groups excluding carboxylic acids is 1. The van der Waals surface area contributed by atoms with E-state index in [-0.39, 0.29) is 4.90 Å². The van der Waals surface area contributed by atoms with Gasteiger partial charge in [-0.1, -0.05) is 22.8 Å². The fourth-order valence-corrected chi connectivity index (χ4v) is 7.03. The van der Waals surface area contributed by atoms with Crippen molar-refractivity contribution in [1.82, 2.24) is 4.90 Å².